The second kappa shape index (κ2) is 8.48. The molecular weight excluding hydrogens is 347 g/mol. The summed E-state index contributed by atoms with van der Waals surface area (Å²) in [7, 11) is 1.56. The highest BCUT2D eigenvalue weighted by Gasteiger charge is 2.17. The van der Waals surface area contributed by atoms with Crippen LogP contribution in [0.1, 0.15) is 24.9 Å². The number of anilines is 1. The van der Waals surface area contributed by atoms with Gasteiger partial charge in [0.2, 0.25) is 11.8 Å². The Morgan fingerprint density at radius 2 is 1.88 bits per heavy atom. The van der Waals surface area contributed by atoms with Crippen molar-refractivity contribution in [1.29, 1.82) is 0 Å². The number of ether oxygens (including phenoxy) is 1. The first-order valence-electron chi connectivity index (χ1n) is 7.55. The van der Waals surface area contributed by atoms with E-state index in [0.717, 1.165) is 5.56 Å². The summed E-state index contributed by atoms with van der Waals surface area (Å²) in [4.78, 5) is 23.7. The molecule has 0 saturated carbocycles. The summed E-state index contributed by atoms with van der Waals surface area (Å²) in [6.07, 6.45) is 0.0148. The van der Waals surface area contributed by atoms with Gasteiger partial charge in [-0.25, -0.2) is 4.39 Å². The van der Waals surface area contributed by atoms with E-state index in [0.29, 0.717) is 11.4 Å². The second-order valence-electron chi connectivity index (χ2n) is 5.41. The number of carbonyl (C=O) groups is 2. The van der Waals surface area contributed by atoms with Gasteiger partial charge in [0.1, 0.15) is 11.6 Å². The Bertz CT molecular complexity index is 765. The Kier molecular flexibility index (Phi) is 6.36. The molecule has 2 aromatic rings. The highest BCUT2D eigenvalue weighted by Crippen LogP contribution is 2.23. The van der Waals surface area contributed by atoms with Gasteiger partial charge >= 0.3 is 0 Å². The first-order valence-corrected chi connectivity index (χ1v) is 7.93. The zero-order valence-corrected chi connectivity index (χ0v) is 14.6. The Labute approximate surface area is 150 Å². The fourth-order valence-corrected chi connectivity index (χ4v) is 2.49. The van der Waals surface area contributed by atoms with Crippen LogP contribution in [0.25, 0.3) is 0 Å². The lowest BCUT2D eigenvalue weighted by atomic mass is 10.0. The molecule has 0 aliphatic heterocycles. The summed E-state index contributed by atoms with van der Waals surface area (Å²) in [6.45, 7) is 1.38. The molecule has 7 heteroatoms. The number of benzene rings is 2. The first kappa shape index (κ1) is 18.7. The molecule has 0 saturated heterocycles. The van der Waals surface area contributed by atoms with Gasteiger partial charge < -0.3 is 15.4 Å². The normalized spacial score (nSPS) is 11.5. The molecule has 0 bridgehead atoms. The van der Waals surface area contributed by atoms with Gasteiger partial charge in [0, 0.05) is 12.6 Å². The molecule has 0 aliphatic carbocycles. The highest BCUT2D eigenvalue weighted by atomic mass is 35.5. The lowest BCUT2D eigenvalue weighted by Crippen LogP contribution is -2.29. The molecule has 5 nitrogen and oxygen atoms in total. The smallest absolute Gasteiger partial charge is 0.226 e. The molecule has 2 rings (SSSR count). The quantitative estimate of drug-likeness (QED) is 0.821. The van der Waals surface area contributed by atoms with E-state index in [9.17, 15) is 14.0 Å². The van der Waals surface area contributed by atoms with Gasteiger partial charge in [0.25, 0.3) is 0 Å². The molecule has 2 N–H and O–H groups in total. The molecule has 1 atom stereocenters. The van der Waals surface area contributed by atoms with Crippen LogP contribution >= 0.6 is 11.6 Å². The number of halogens is 2. The van der Waals surface area contributed by atoms with Gasteiger partial charge in [-0.3, -0.25) is 9.59 Å². The van der Waals surface area contributed by atoms with Crippen LogP contribution in [0.4, 0.5) is 10.1 Å². The fraction of sp³-hybridized carbons (Fsp3) is 0.222. The van der Waals surface area contributed by atoms with Gasteiger partial charge in [-0.15, -0.1) is 0 Å². The van der Waals surface area contributed by atoms with Crippen LogP contribution in [0.2, 0.25) is 5.02 Å². The Balaban J connectivity index is 2.10. The average Bonchev–Trinajstić information content (AvgIpc) is 2.57. The lowest BCUT2D eigenvalue weighted by Gasteiger charge is -2.18. The van der Waals surface area contributed by atoms with Crippen LogP contribution in [0, 0.1) is 5.82 Å². The van der Waals surface area contributed by atoms with Crippen molar-refractivity contribution in [3.63, 3.8) is 0 Å². The van der Waals surface area contributed by atoms with Crippen molar-refractivity contribution in [2.24, 2.45) is 0 Å². The molecule has 0 radical (unpaired) electrons. The highest BCUT2D eigenvalue weighted by molar-refractivity contribution is 6.31. The third-order valence-corrected chi connectivity index (χ3v) is 3.78. The summed E-state index contributed by atoms with van der Waals surface area (Å²) < 4.78 is 18.3. The van der Waals surface area contributed by atoms with Gasteiger partial charge in [-0.1, -0.05) is 23.7 Å². The minimum absolute atomic E-state index is 0.0148. The predicted molar refractivity (Wildman–Crippen MR) is 94.2 cm³/mol. The minimum atomic E-state index is -0.561. The average molecular weight is 365 g/mol. The molecule has 2 aromatic carbocycles. The van der Waals surface area contributed by atoms with Crippen LogP contribution in [0.15, 0.2) is 42.5 Å². The van der Waals surface area contributed by atoms with Crippen molar-refractivity contribution in [3.05, 3.63) is 58.9 Å². The monoisotopic (exact) mass is 364 g/mol. The summed E-state index contributed by atoms with van der Waals surface area (Å²) in [5, 5.41) is 5.31. The second-order valence-corrected chi connectivity index (χ2v) is 5.81. The first-order chi connectivity index (χ1) is 11.9. The molecule has 0 fully saturated rings. The van der Waals surface area contributed by atoms with Crippen molar-refractivity contribution in [2.75, 3.05) is 12.4 Å². The number of methoxy groups -OCH3 is 1. The third kappa shape index (κ3) is 5.46. The van der Waals surface area contributed by atoms with Crippen molar-refractivity contribution in [1.82, 2.24) is 5.32 Å². The lowest BCUT2D eigenvalue weighted by molar-refractivity contribution is -0.120. The summed E-state index contributed by atoms with van der Waals surface area (Å²) in [6, 6.07) is 10.5. The number of amides is 2. The topological polar surface area (TPSA) is 67.4 Å². The maximum absolute atomic E-state index is 13.2. The van der Waals surface area contributed by atoms with E-state index in [2.05, 4.69) is 10.6 Å². The third-order valence-electron chi connectivity index (χ3n) is 3.49. The number of rotatable bonds is 6. The number of carbonyl (C=O) groups excluding carboxylic acids is 2. The number of hydrogen-bond donors (Lipinski definition) is 2. The predicted octanol–water partition coefficient (Wildman–Crippen LogP) is 3.69. The zero-order valence-electron chi connectivity index (χ0n) is 13.8. The van der Waals surface area contributed by atoms with E-state index in [1.54, 1.807) is 31.4 Å². The minimum Gasteiger partial charge on any atom is -0.497 e. The summed E-state index contributed by atoms with van der Waals surface area (Å²) in [5.74, 6) is -0.472. The standard InChI is InChI=1S/C18H18ClFN2O3/c1-11(23)21-17(12-3-6-14(25-2)7-4-12)10-18(24)22-13-5-8-16(20)15(19)9-13/h3-9,17H,10H2,1-2H3,(H,21,23)(H,22,24)/t17-/m1/s1. The molecule has 0 aliphatic rings. The maximum atomic E-state index is 13.2. The molecule has 0 unspecified atom stereocenters. The van der Waals surface area contributed by atoms with Crippen molar-refractivity contribution >= 4 is 29.1 Å². The Hall–Kier alpha value is -2.60. The van der Waals surface area contributed by atoms with Gasteiger partial charge in [-0.05, 0) is 35.9 Å². The SMILES string of the molecule is COc1ccc([C@@H](CC(=O)Nc2ccc(F)c(Cl)c2)NC(C)=O)cc1. The largest absolute Gasteiger partial charge is 0.497 e. The molecule has 0 spiro atoms. The summed E-state index contributed by atoms with van der Waals surface area (Å²) in [5.41, 5.74) is 1.15. The molecule has 2 amide bonds. The molecule has 132 valence electrons. The van der Waals surface area contributed by atoms with E-state index in [-0.39, 0.29) is 23.3 Å². The molecule has 0 aromatic heterocycles. The Morgan fingerprint density at radius 1 is 1.20 bits per heavy atom. The van der Waals surface area contributed by atoms with Crippen LogP contribution in [0.5, 0.6) is 5.75 Å². The van der Waals surface area contributed by atoms with Gasteiger partial charge in [0.05, 0.1) is 24.6 Å². The van der Waals surface area contributed by atoms with E-state index < -0.39 is 11.9 Å². The molecular formula is C18H18ClFN2O3. The van der Waals surface area contributed by atoms with Crippen LogP contribution < -0.4 is 15.4 Å². The van der Waals surface area contributed by atoms with Crippen molar-refractivity contribution in [2.45, 2.75) is 19.4 Å². The van der Waals surface area contributed by atoms with Gasteiger partial charge in [0.15, 0.2) is 0 Å². The van der Waals surface area contributed by atoms with E-state index in [4.69, 9.17) is 16.3 Å². The van der Waals surface area contributed by atoms with Crippen LogP contribution in [-0.4, -0.2) is 18.9 Å². The Morgan fingerprint density at radius 3 is 2.44 bits per heavy atom. The zero-order chi connectivity index (χ0) is 18.4. The number of nitrogens with one attached hydrogen (secondary N) is 2. The van der Waals surface area contributed by atoms with Crippen LogP contribution in [-0.2, 0) is 9.59 Å². The van der Waals surface area contributed by atoms with Crippen LogP contribution in [0.3, 0.4) is 0 Å². The number of hydrogen-bond acceptors (Lipinski definition) is 3. The van der Waals surface area contributed by atoms with E-state index in [1.165, 1.54) is 25.1 Å². The fourth-order valence-electron chi connectivity index (χ4n) is 2.31. The maximum Gasteiger partial charge on any atom is 0.226 e. The van der Waals surface area contributed by atoms with E-state index >= 15 is 0 Å². The molecule has 0 heterocycles. The van der Waals surface area contributed by atoms with Crippen molar-refractivity contribution < 1.29 is 18.7 Å². The van der Waals surface area contributed by atoms with Crippen molar-refractivity contribution in [3.8, 4) is 5.75 Å². The van der Waals surface area contributed by atoms with E-state index in [1.807, 2.05) is 0 Å². The molecule has 25 heavy (non-hydrogen) atoms. The van der Waals surface area contributed by atoms with Gasteiger partial charge in [-0.2, -0.15) is 0 Å². The summed E-state index contributed by atoms with van der Waals surface area (Å²) >= 11 is 5.70.